The summed E-state index contributed by atoms with van der Waals surface area (Å²) in [7, 11) is 2.21. The van der Waals surface area contributed by atoms with Crippen LogP contribution in [0.5, 0.6) is 0 Å². The lowest BCUT2D eigenvalue weighted by molar-refractivity contribution is 0.194. The fourth-order valence-corrected chi connectivity index (χ4v) is 2.51. The molecule has 1 unspecified atom stereocenters. The van der Waals surface area contributed by atoms with Gasteiger partial charge in [0.15, 0.2) is 0 Å². The van der Waals surface area contributed by atoms with Crippen molar-refractivity contribution in [2.75, 3.05) is 25.9 Å². The van der Waals surface area contributed by atoms with Crippen LogP contribution >= 0.6 is 0 Å². The summed E-state index contributed by atoms with van der Waals surface area (Å²) in [5.41, 5.74) is 9.71. The second-order valence-electron chi connectivity index (χ2n) is 5.43. The van der Waals surface area contributed by atoms with E-state index in [-0.39, 0.29) is 0 Å². The van der Waals surface area contributed by atoms with E-state index in [0.29, 0.717) is 6.04 Å². The van der Waals surface area contributed by atoms with Crippen LogP contribution in [0.3, 0.4) is 0 Å². The maximum Gasteiger partial charge on any atom is 0.0363 e. The second kappa shape index (κ2) is 5.72. The Morgan fingerprint density at radius 3 is 2.83 bits per heavy atom. The molecule has 0 saturated carbocycles. The molecule has 18 heavy (non-hydrogen) atoms. The molecule has 1 aliphatic rings. The molecule has 0 amide bonds. The van der Waals surface area contributed by atoms with Gasteiger partial charge in [-0.25, -0.2) is 0 Å². The van der Waals surface area contributed by atoms with Crippen molar-refractivity contribution in [1.82, 2.24) is 9.80 Å². The van der Waals surface area contributed by atoms with Crippen LogP contribution in [0.2, 0.25) is 0 Å². The molecule has 1 aromatic rings. The van der Waals surface area contributed by atoms with Gasteiger partial charge in [-0.05, 0) is 37.6 Å². The third-order valence-electron chi connectivity index (χ3n) is 4.20. The molecule has 100 valence electrons. The number of nitrogens with two attached hydrogens (primary N) is 1. The van der Waals surface area contributed by atoms with Gasteiger partial charge in [-0.15, -0.1) is 0 Å². The second-order valence-corrected chi connectivity index (χ2v) is 5.43. The molecule has 0 bridgehead atoms. The molecule has 0 spiro atoms. The highest BCUT2D eigenvalue weighted by atomic mass is 15.2. The number of likely N-dealkylation sites (N-methyl/N-ethyl adjacent to an activating group) is 1. The monoisotopic (exact) mass is 247 g/mol. The Morgan fingerprint density at radius 1 is 1.39 bits per heavy atom. The Balaban J connectivity index is 1.87. The molecule has 0 aromatic heterocycles. The summed E-state index contributed by atoms with van der Waals surface area (Å²) in [5, 5.41) is 0. The van der Waals surface area contributed by atoms with Gasteiger partial charge in [-0.2, -0.15) is 0 Å². The summed E-state index contributed by atoms with van der Waals surface area (Å²) in [6.45, 7) is 8.84. The van der Waals surface area contributed by atoms with Gasteiger partial charge in [0.1, 0.15) is 0 Å². The zero-order valence-electron chi connectivity index (χ0n) is 11.8. The molecule has 1 atom stereocenters. The van der Waals surface area contributed by atoms with E-state index in [1.165, 1.54) is 17.5 Å². The normalized spacial score (nSPS) is 17.1. The van der Waals surface area contributed by atoms with Crippen LogP contribution in [0.4, 0.5) is 5.69 Å². The van der Waals surface area contributed by atoms with Gasteiger partial charge in [-0.1, -0.05) is 19.1 Å². The molecule has 1 aliphatic heterocycles. The predicted octanol–water partition coefficient (Wildman–Crippen LogP) is 2.31. The Labute approximate surface area is 111 Å². The SMILES string of the molecule is CCC(C)N(C)CCN1Cc2cccc(N)c2C1. The van der Waals surface area contributed by atoms with Crippen molar-refractivity contribution >= 4 is 5.69 Å². The summed E-state index contributed by atoms with van der Waals surface area (Å²) in [4.78, 5) is 4.92. The minimum Gasteiger partial charge on any atom is -0.398 e. The first-order valence-corrected chi connectivity index (χ1v) is 6.90. The fourth-order valence-electron chi connectivity index (χ4n) is 2.51. The lowest BCUT2D eigenvalue weighted by Gasteiger charge is -2.26. The Morgan fingerprint density at radius 2 is 2.17 bits per heavy atom. The number of rotatable bonds is 5. The summed E-state index contributed by atoms with van der Waals surface area (Å²) >= 11 is 0. The van der Waals surface area contributed by atoms with Crippen LogP contribution in [0.15, 0.2) is 18.2 Å². The van der Waals surface area contributed by atoms with Crippen LogP contribution in [-0.2, 0) is 13.1 Å². The number of nitrogen functional groups attached to an aromatic ring is 1. The van der Waals surface area contributed by atoms with Crippen LogP contribution < -0.4 is 5.73 Å². The third kappa shape index (κ3) is 2.85. The molecule has 2 rings (SSSR count). The average Bonchev–Trinajstić information content (AvgIpc) is 2.79. The summed E-state index contributed by atoms with van der Waals surface area (Å²) in [6.07, 6.45) is 1.21. The van der Waals surface area contributed by atoms with Crippen LogP contribution in [0.1, 0.15) is 31.4 Å². The summed E-state index contributed by atoms with van der Waals surface area (Å²) in [5.74, 6) is 0. The Kier molecular flexibility index (Phi) is 4.25. The molecule has 0 fully saturated rings. The molecule has 0 radical (unpaired) electrons. The van der Waals surface area contributed by atoms with E-state index in [2.05, 4.69) is 42.8 Å². The van der Waals surface area contributed by atoms with Gasteiger partial charge in [0.05, 0.1) is 0 Å². The number of benzene rings is 1. The van der Waals surface area contributed by atoms with Crippen molar-refractivity contribution in [2.24, 2.45) is 0 Å². The van der Waals surface area contributed by atoms with Crippen molar-refractivity contribution in [1.29, 1.82) is 0 Å². The van der Waals surface area contributed by atoms with Crippen molar-refractivity contribution in [3.05, 3.63) is 29.3 Å². The number of nitrogens with zero attached hydrogens (tertiary/aromatic N) is 2. The largest absolute Gasteiger partial charge is 0.398 e. The van der Waals surface area contributed by atoms with E-state index in [4.69, 9.17) is 5.73 Å². The number of fused-ring (bicyclic) bond motifs is 1. The maximum absolute atomic E-state index is 6.02. The Hall–Kier alpha value is -1.06. The van der Waals surface area contributed by atoms with Gasteiger partial charge in [0.2, 0.25) is 0 Å². The molecule has 1 aromatic carbocycles. The molecule has 3 nitrogen and oxygen atoms in total. The lowest BCUT2D eigenvalue weighted by Crippen LogP contribution is -2.35. The van der Waals surface area contributed by atoms with E-state index in [0.717, 1.165) is 31.9 Å². The van der Waals surface area contributed by atoms with E-state index in [9.17, 15) is 0 Å². The number of hydrogen-bond donors (Lipinski definition) is 1. The molecule has 1 heterocycles. The minimum absolute atomic E-state index is 0.667. The fraction of sp³-hybridized carbons (Fsp3) is 0.600. The lowest BCUT2D eigenvalue weighted by atomic mass is 10.1. The molecule has 0 aliphatic carbocycles. The zero-order valence-corrected chi connectivity index (χ0v) is 11.8. The summed E-state index contributed by atoms with van der Waals surface area (Å²) < 4.78 is 0. The van der Waals surface area contributed by atoms with E-state index in [1.807, 2.05) is 6.07 Å². The van der Waals surface area contributed by atoms with Crippen molar-refractivity contribution < 1.29 is 0 Å². The highest BCUT2D eigenvalue weighted by Gasteiger charge is 2.20. The van der Waals surface area contributed by atoms with Crippen LogP contribution in [0.25, 0.3) is 0 Å². The smallest absolute Gasteiger partial charge is 0.0363 e. The zero-order chi connectivity index (χ0) is 13.1. The Bertz CT molecular complexity index is 403. The van der Waals surface area contributed by atoms with Gasteiger partial charge >= 0.3 is 0 Å². The quantitative estimate of drug-likeness (QED) is 0.811. The van der Waals surface area contributed by atoms with Gasteiger partial charge in [-0.3, -0.25) is 4.90 Å². The predicted molar refractivity (Wildman–Crippen MR) is 77.4 cm³/mol. The van der Waals surface area contributed by atoms with Gasteiger partial charge < -0.3 is 10.6 Å². The number of hydrogen-bond acceptors (Lipinski definition) is 3. The van der Waals surface area contributed by atoms with E-state index in [1.54, 1.807) is 0 Å². The summed E-state index contributed by atoms with van der Waals surface area (Å²) in [6, 6.07) is 6.93. The maximum atomic E-state index is 6.02. The highest BCUT2D eigenvalue weighted by Crippen LogP contribution is 2.27. The van der Waals surface area contributed by atoms with E-state index >= 15 is 0 Å². The van der Waals surface area contributed by atoms with Crippen LogP contribution in [0, 0.1) is 0 Å². The standard InChI is InChI=1S/C15H25N3/c1-4-12(2)17(3)8-9-18-10-13-6-5-7-15(16)14(13)11-18/h5-7,12H,4,8-11,16H2,1-3H3. The van der Waals surface area contributed by atoms with Gasteiger partial charge in [0.25, 0.3) is 0 Å². The van der Waals surface area contributed by atoms with Crippen molar-refractivity contribution in [3.63, 3.8) is 0 Å². The molecular formula is C15H25N3. The average molecular weight is 247 g/mol. The highest BCUT2D eigenvalue weighted by molar-refractivity contribution is 5.52. The molecule has 2 N–H and O–H groups in total. The van der Waals surface area contributed by atoms with Gasteiger partial charge in [0, 0.05) is 37.9 Å². The van der Waals surface area contributed by atoms with Crippen molar-refractivity contribution in [3.8, 4) is 0 Å². The minimum atomic E-state index is 0.667. The topological polar surface area (TPSA) is 32.5 Å². The first-order chi connectivity index (χ1) is 8.61. The number of anilines is 1. The van der Waals surface area contributed by atoms with Crippen molar-refractivity contribution in [2.45, 2.75) is 39.4 Å². The van der Waals surface area contributed by atoms with Crippen LogP contribution in [-0.4, -0.2) is 36.0 Å². The first-order valence-electron chi connectivity index (χ1n) is 6.90. The van der Waals surface area contributed by atoms with E-state index < -0.39 is 0 Å². The molecular weight excluding hydrogens is 222 g/mol. The molecule has 3 heteroatoms. The molecule has 0 saturated heterocycles. The third-order valence-corrected chi connectivity index (χ3v) is 4.20. The first kappa shape index (κ1) is 13.4.